The maximum absolute atomic E-state index is 11.3. The van der Waals surface area contributed by atoms with Crippen LogP contribution >= 0.6 is 0 Å². The van der Waals surface area contributed by atoms with E-state index in [1.54, 1.807) is 23.9 Å². The molecule has 1 N–H and O–H groups in total. The summed E-state index contributed by atoms with van der Waals surface area (Å²) in [5.41, 5.74) is -0.142. The minimum absolute atomic E-state index is 0.142. The molecule has 2 aromatic heterocycles. The van der Waals surface area contributed by atoms with Crippen molar-refractivity contribution in [2.75, 3.05) is 11.9 Å². The van der Waals surface area contributed by atoms with Crippen LogP contribution in [0.25, 0.3) is 5.82 Å². The van der Waals surface area contributed by atoms with Gasteiger partial charge in [-0.2, -0.15) is 0 Å². The van der Waals surface area contributed by atoms with Crippen LogP contribution in [0.5, 0.6) is 0 Å². The van der Waals surface area contributed by atoms with Gasteiger partial charge < -0.3 is 5.32 Å². The third-order valence-corrected chi connectivity index (χ3v) is 2.58. The standard InChI is InChI=1S/C11H14N6O2/c1-3-4-13-10-9(17(18)19)11(15-7-14-10)16-6-5-12-8(16)2/h5-7H,3-4H2,1-2H3,(H,13,14,15). The van der Waals surface area contributed by atoms with Crippen molar-refractivity contribution in [2.45, 2.75) is 20.3 Å². The molecule has 2 rings (SSSR count). The first-order valence-electron chi connectivity index (χ1n) is 5.88. The minimum Gasteiger partial charge on any atom is -0.364 e. The number of anilines is 1. The highest BCUT2D eigenvalue weighted by Crippen LogP contribution is 2.28. The Hall–Kier alpha value is -2.51. The number of nitro groups is 1. The number of aryl methyl sites for hydroxylation is 1. The van der Waals surface area contributed by atoms with Gasteiger partial charge in [0.25, 0.3) is 0 Å². The number of nitrogens with one attached hydrogen (secondary N) is 1. The fraction of sp³-hybridized carbons (Fsp3) is 0.364. The highest BCUT2D eigenvalue weighted by molar-refractivity contribution is 5.64. The van der Waals surface area contributed by atoms with Gasteiger partial charge in [-0.05, 0) is 13.3 Å². The Kier molecular flexibility index (Phi) is 3.69. The van der Waals surface area contributed by atoms with E-state index in [0.717, 1.165) is 6.42 Å². The van der Waals surface area contributed by atoms with Crippen molar-refractivity contribution >= 4 is 11.5 Å². The molecule has 2 aromatic rings. The number of hydrogen-bond donors (Lipinski definition) is 1. The molecule has 0 saturated carbocycles. The lowest BCUT2D eigenvalue weighted by Gasteiger charge is -2.08. The molecular formula is C11H14N6O2. The lowest BCUT2D eigenvalue weighted by molar-refractivity contribution is -0.384. The van der Waals surface area contributed by atoms with Crippen LogP contribution in [-0.2, 0) is 0 Å². The summed E-state index contributed by atoms with van der Waals surface area (Å²) in [6.07, 6.45) is 5.36. The highest BCUT2D eigenvalue weighted by atomic mass is 16.6. The molecule has 0 amide bonds. The van der Waals surface area contributed by atoms with Crippen molar-refractivity contribution in [3.8, 4) is 5.82 Å². The largest absolute Gasteiger partial charge is 0.364 e. The number of aromatic nitrogens is 4. The second kappa shape index (κ2) is 5.42. The topological polar surface area (TPSA) is 98.8 Å². The van der Waals surface area contributed by atoms with Gasteiger partial charge in [-0.3, -0.25) is 14.7 Å². The molecule has 2 heterocycles. The normalized spacial score (nSPS) is 10.4. The SMILES string of the molecule is CCCNc1ncnc(-n2ccnc2C)c1[N+](=O)[O-]. The van der Waals surface area contributed by atoms with E-state index in [1.807, 2.05) is 6.92 Å². The van der Waals surface area contributed by atoms with Crippen LogP contribution in [0.3, 0.4) is 0 Å². The van der Waals surface area contributed by atoms with Gasteiger partial charge in [-0.15, -0.1) is 0 Å². The molecule has 19 heavy (non-hydrogen) atoms. The predicted molar refractivity (Wildman–Crippen MR) is 69.3 cm³/mol. The zero-order valence-electron chi connectivity index (χ0n) is 10.7. The molecular weight excluding hydrogens is 248 g/mol. The second-order valence-corrected chi connectivity index (χ2v) is 3.92. The predicted octanol–water partition coefficient (Wildman–Crippen LogP) is 1.70. The summed E-state index contributed by atoms with van der Waals surface area (Å²) in [4.78, 5) is 22.8. The third-order valence-electron chi connectivity index (χ3n) is 2.58. The lowest BCUT2D eigenvalue weighted by atomic mass is 10.4. The fourth-order valence-electron chi connectivity index (χ4n) is 1.69. The van der Waals surface area contributed by atoms with Crippen LogP contribution in [0.2, 0.25) is 0 Å². The average Bonchev–Trinajstić information content (AvgIpc) is 2.81. The van der Waals surface area contributed by atoms with Crippen LogP contribution in [0.4, 0.5) is 11.5 Å². The van der Waals surface area contributed by atoms with Crippen molar-refractivity contribution < 1.29 is 4.92 Å². The first kappa shape index (κ1) is 12.9. The molecule has 100 valence electrons. The van der Waals surface area contributed by atoms with E-state index in [1.165, 1.54) is 6.33 Å². The molecule has 0 fully saturated rings. The van der Waals surface area contributed by atoms with E-state index in [9.17, 15) is 10.1 Å². The van der Waals surface area contributed by atoms with Crippen LogP contribution < -0.4 is 5.32 Å². The lowest BCUT2D eigenvalue weighted by Crippen LogP contribution is -2.10. The summed E-state index contributed by atoms with van der Waals surface area (Å²) in [6.45, 7) is 4.34. The minimum atomic E-state index is -0.479. The van der Waals surface area contributed by atoms with Gasteiger partial charge in [0.2, 0.25) is 11.6 Å². The summed E-state index contributed by atoms with van der Waals surface area (Å²) in [5, 5.41) is 14.2. The summed E-state index contributed by atoms with van der Waals surface area (Å²) in [6, 6.07) is 0. The Morgan fingerprint density at radius 3 is 2.79 bits per heavy atom. The molecule has 0 aliphatic carbocycles. The van der Waals surface area contributed by atoms with Crippen LogP contribution in [-0.4, -0.2) is 31.0 Å². The van der Waals surface area contributed by atoms with Gasteiger partial charge >= 0.3 is 5.69 Å². The number of hydrogen-bond acceptors (Lipinski definition) is 6. The van der Waals surface area contributed by atoms with Crippen LogP contribution in [0.1, 0.15) is 19.2 Å². The fourth-order valence-corrected chi connectivity index (χ4v) is 1.69. The molecule has 0 saturated heterocycles. The molecule has 0 atom stereocenters. The van der Waals surface area contributed by atoms with E-state index >= 15 is 0 Å². The van der Waals surface area contributed by atoms with Gasteiger partial charge in [0.05, 0.1) is 4.92 Å². The molecule has 0 spiro atoms. The Balaban J connectivity index is 2.55. The molecule has 0 aromatic carbocycles. The van der Waals surface area contributed by atoms with E-state index in [2.05, 4.69) is 20.3 Å². The number of rotatable bonds is 5. The van der Waals surface area contributed by atoms with Crippen LogP contribution in [0, 0.1) is 17.0 Å². The Morgan fingerprint density at radius 2 is 2.21 bits per heavy atom. The molecule has 0 aliphatic heterocycles. The first-order chi connectivity index (χ1) is 9.15. The molecule has 0 radical (unpaired) electrons. The van der Waals surface area contributed by atoms with Gasteiger partial charge in [0, 0.05) is 18.9 Å². The zero-order chi connectivity index (χ0) is 13.8. The van der Waals surface area contributed by atoms with Crippen LogP contribution in [0.15, 0.2) is 18.7 Å². The van der Waals surface area contributed by atoms with E-state index in [0.29, 0.717) is 12.4 Å². The van der Waals surface area contributed by atoms with Gasteiger partial charge in [-0.25, -0.2) is 15.0 Å². The average molecular weight is 262 g/mol. The van der Waals surface area contributed by atoms with Crippen molar-refractivity contribution in [3.63, 3.8) is 0 Å². The molecule has 8 nitrogen and oxygen atoms in total. The molecule has 0 unspecified atom stereocenters. The van der Waals surface area contributed by atoms with E-state index in [-0.39, 0.29) is 17.3 Å². The van der Waals surface area contributed by atoms with Gasteiger partial charge in [0.15, 0.2) is 0 Å². The van der Waals surface area contributed by atoms with Crippen molar-refractivity contribution in [3.05, 3.63) is 34.7 Å². The second-order valence-electron chi connectivity index (χ2n) is 3.92. The Labute approximate surface area is 109 Å². The Morgan fingerprint density at radius 1 is 1.42 bits per heavy atom. The molecule has 8 heteroatoms. The maximum atomic E-state index is 11.3. The van der Waals surface area contributed by atoms with Gasteiger partial charge in [0.1, 0.15) is 12.2 Å². The Bertz CT molecular complexity index is 595. The smallest absolute Gasteiger partial charge is 0.354 e. The van der Waals surface area contributed by atoms with Crippen molar-refractivity contribution in [2.24, 2.45) is 0 Å². The van der Waals surface area contributed by atoms with Crippen molar-refractivity contribution in [1.29, 1.82) is 0 Å². The quantitative estimate of drug-likeness (QED) is 0.650. The summed E-state index contributed by atoms with van der Waals surface area (Å²) < 4.78 is 1.57. The third kappa shape index (κ3) is 2.51. The maximum Gasteiger partial charge on any atom is 0.354 e. The summed E-state index contributed by atoms with van der Waals surface area (Å²) in [7, 11) is 0. The first-order valence-corrected chi connectivity index (χ1v) is 5.88. The van der Waals surface area contributed by atoms with E-state index in [4.69, 9.17) is 0 Å². The molecule has 0 bridgehead atoms. The van der Waals surface area contributed by atoms with E-state index < -0.39 is 4.92 Å². The number of nitrogens with zero attached hydrogens (tertiary/aromatic N) is 5. The highest BCUT2D eigenvalue weighted by Gasteiger charge is 2.24. The molecule has 0 aliphatic rings. The monoisotopic (exact) mass is 262 g/mol. The zero-order valence-corrected chi connectivity index (χ0v) is 10.7. The van der Waals surface area contributed by atoms with Gasteiger partial charge in [-0.1, -0.05) is 6.92 Å². The summed E-state index contributed by atoms with van der Waals surface area (Å²) >= 11 is 0. The number of imidazole rings is 1. The van der Waals surface area contributed by atoms with Crippen molar-refractivity contribution in [1.82, 2.24) is 19.5 Å². The summed E-state index contributed by atoms with van der Waals surface area (Å²) in [5.74, 6) is 1.07.